The number of hydrogen-bond acceptors (Lipinski definition) is 5. The quantitative estimate of drug-likeness (QED) is 0.586. The third kappa shape index (κ3) is 5.11. The Labute approximate surface area is 150 Å². The number of para-hydroxylation sites is 1. The Balaban J connectivity index is 2.20. The number of nitriles is 1. The highest BCUT2D eigenvalue weighted by molar-refractivity contribution is 6.09. The van der Waals surface area contributed by atoms with Crippen molar-refractivity contribution in [1.29, 1.82) is 5.26 Å². The van der Waals surface area contributed by atoms with Gasteiger partial charge in [-0.05, 0) is 36.4 Å². The SMILES string of the molecule is COc1ccc(NC(=O)/C(C#N)=C/c2ccccc2OCC(=O)O)cc1. The van der Waals surface area contributed by atoms with E-state index in [1.165, 1.54) is 13.2 Å². The smallest absolute Gasteiger partial charge is 0.341 e. The van der Waals surface area contributed by atoms with Crippen LogP contribution in [0.15, 0.2) is 54.1 Å². The number of ether oxygens (including phenoxy) is 2. The molecule has 2 N–H and O–H groups in total. The van der Waals surface area contributed by atoms with Crippen molar-refractivity contribution in [2.45, 2.75) is 0 Å². The van der Waals surface area contributed by atoms with Crippen molar-refractivity contribution in [2.24, 2.45) is 0 Å². The van der Waals surface area contributed by atoms with Crippen molar-refractivity contribution < 1.29 is 24.2 Å². The minimum absolute atomic E-state index is 0.146. The molecule has 0 bridgehead atoms. The first-order chi connectivity index (χ1) is 12.5. The molecule has 0 fully saturated rings. The molecule has 0 atom stereocenters. The number of nitrogens with one attached hydrogen (secondary N) is 1. The van der Waals surface area contributed by atoms with Crippen molar-refractivity contribution in [3.05, 3.63) is 59.7 Å². The first kappa shape index (κ1) is 18.5. The molecular weight excluding hydrogens is 336 g/mol. The molecule has 2 aromatic rings. The number of benzene rings is 2. The summed E-state index contributed by atoms with van der Waals surface area (Å²) in [5.74, 6) is -0.810. The second kappa shape index (κ2) is 8.89. The zero-order chi connectivity index (χ0) is 18.9. The minimum Gasteiger partial charge on any atom is -0.497 e. The number of hydrogen-bond donors (Lipinski definition) is 2. The number of anilines is 1. The van der Waals surface area contributed by atoms with E-state index in [0.717, 1.165) is 0 Å². The largest absolute Gasteiger partial charge is 0.497 e. The Morgan fingerprint density at radius 3 is 2.50 bits per heavy atom. The average molecular weight is 352 g/mol. The standard InChI is InChI=1S/C19H16N2O5/c1-25-16-8-6-15(7-9-16)21-19(24)14(11-20)10-13-4-2-3-5-17(13)26-12-18(22)23/h2-10H,12H2,1H3,(H,21,24)(H,22,23)/b14-10+. The van der Waals surface area contributed by atoms with E-state index in [4.69, 9.17) is 14.6 Å². The van der Waals surface area contributed by atoms with Crippen LogP contribution in [0.25, 0.3) is 6.08 Å². The summed E-state index contributed by atoms with van der Waals surface area (Å²) in [5.41, 5.74) is 0.787. The molecule has 2 rings (SSSR count). The molecule has 0 saturated heterocycles. The lowest BCUT2D eigenvalue weighted by atomic mass is 10.1. The van der Waals surface area contributed by atoms with Gasteiger partial charge in [-0.1, -0.05) is 18.2 Å². The zero-order valence-corrected chi connectivity index (χ0v) is 13.9. The molecule has 0 aliphatic carbocycles. The van der Waals surface area contributed by atoms with Gasteiger partial charge in [0.05, 0.1) is 7.11 Å². The van der Waals surface area contributed by atoms with Crippen molar-refractivity contribution in [3.63, 3.8) is 0 Å². The Morgan fingerprint density at radius 2 is 1.88 bits per heavy atom. The Morgan fingerprint density at radius 1 is 1.19 bits per heavy atom. The van der Waals surface area contributed by atoms with E-state index in [0.29, 0.717) is 17.0 Å². The molecule has 0 spiro atoms. The summed E-state index contributed by atoms with van der Waals surface area (Å²) < 4.78 is 10.2. The molecule has 2 aromatic carbocycles. The first-order valence-corrected chi connectivity index (χ1v) is 7.54. The summed E-state index contributed by atoms with van der Waals surface area (Å²) in [6, 6.07) is 15.0. The highest BCUT2D eigenvalue weighted by Crippen LogP contribution is 2.22. The van der Waals surface area contributed by atoms with Crippen molar-refractivity contribution in [2.75, 3.05) is 19.0 Å². The summed E-state index contributed by atoms with van der Waals surface area (Å²) in [7, 11) is 1.54. The number of carboxylic acids is 1. The molecule has 132 valence electrons. The predicted molar refractivity (Wildman–Crippen MR) is 94.8 cm³/mol. The third-order valence-electron chi connectivity index (χ3n) is 3.28. The van der Waals surface area contributed by atoms with Crippen molar-refractivity contribution in [3.8, 4) is 17.6 Å². The first-order valence-electron chi connectivity index (χ1n) is 7.54. The van der Waals surface area contributed by atoms with Gasteiger partial charge >= 0.3 is 5.97 Å². The number of aliphatic carboxylic acids is 1. The van der Waals surface area contributed by atoms with Crippen LogP contribution in [0, 0.1) is 11.3 Å². The number of carbonyl (C=O) groups excluding carboxylic acids is 1. The molecule has 0 aliphatic heterocycles. The molecule has 0 unspecified atom stereocenters. The number of amides is 1. The van der Waals surface area contributed by atoms with E-state index in [1.54, 1.807) is 48.5 Å². The van der Waals surface area contributed by atoms with Gasteiger partial charge in [0.25, 0.3) is 5.91 Å². The van der Waals surface area contributed by atoms with E-state index in [1.807, 2.05) is 6.07 Å². The van der Waals surface area contributed by atoms with Gasteiger partial charge in [0.1, 0.15) is 23.1 Å². The van der Waals surface area contributed by atoms with Crippen LogP contribution >= 0.6 is 0 Å². The highest BCUT2D eigenvalue weighted by Gasteiger charge is 2.12. The van der Waals surface area contributed by atoms with Crippen LogP contribution in [0.3, 0.4) is 0 Å². The molecule has 0 aliphatic rings. The van der Waals surface area contributed by atoms with Gasteiger partial charge in [-0.15, -0.1) is 0 Å². The summed E-state index contributed by atoms with van der Waals surface area (Å²) in [5, 5.41) is 20.6. The van der Waals surface area contributed by atoms with Gasteiger partial charge in [-0.3, -0.25) is 4.79 Å². The third-order valence-corrected chi connectivity index (χ3v) is 3.28. The van der Waals surface area contributed by atoms with Crippen LogP contribution in [0.2, 0.25) is 0 Å². The number of carboxylic acid groups (broad SMARTS) is 1. The van der Waals surface area contributed by atoms with E-state index in [2.05, 4.69) is 5.32 Å². The molecule has 7 nitrogen and oxygen atoms in total. The van der Waals surface area contributed by atoms with Crippen LogP contribution < -0.4 is 14.8 Å². The van der Waals surface area contributed by atoms with Crippen LogP contribution in [0.4, 0.5) is 5.69 Å². The molecule has 1 amide bonds. The molecule has 0 saturated carbocycles. The second-order valence-corrected chi connectivity index (χ2v) is 5.07. The summed E-state index contributed by atoms with van der Waals surface area (Å²) in [6.45, 7) is -0.523. The summed E-state index contributed by atoms with van der Waals surface area (Å²) in [6.07, 6.45) is 1.34. The van der Waals surface area contributed by atoms with Crippen LogP contribution in [-0.2, 0) is 9.59 Å². The fourth-order valence-corrected chi connectivity index (χ4v) is 2.05. The maximum absolute atomic E-state index is 12.3. The molecule has 26 heavy (non-hydrogen) atoms. The number of carbonyl (C=O) groups is 2. The van der Waals surface area contributed by atoms with Crippen molar-refractivity contribution >= 4 is 23.6 Å². The Kier molecular flexibility index (Phi) is 6.34. The van der Waals surface area contributed by atoms with Gasteiger partial charge < -0.3 is 19.9 Å². The Bertz CT molecular complexity index is 866. The van der Waals surface area contributed by atoms with E-state index in [-0.39, 0.29) is 11.3 Å². The molecule has 7 heteroatoms. The topological polar surface area (TPSA) is 109 Å². The minimum atomic E-state index is -1.12. The fraction of sp³-hybridized carbons (Fsp3) is 0.105. The van der Waals surface area contributed by atoms with Crippen molar-refractivity contribution in [1.82, 2.24) is 0 Å². The lowest BCUT2D eigenvalue weighted by molar-refractivity contribution is -0.139. The van der Waals surface area contributed by atoms with Crippen LogP contribution in [0.1, 0.15) is 5.56 Å². The highest BCUT2D eigenvalue weighted by atomic mass is 16.5. The van der Waals surface area contributed by atoms with Gasteiger partial charge in [0.2, 0.25) is 0 Å². The van der Waals surface area contributed by atoms with E-state index in [9.17, 15) is 14.9 Å². The maximum atomic E-state index is 12.3. The van der Waals surface area contributed by atoms with E-state index < -0.39 is 18.5 Å². The monoisotopic (exact) mass is 352 g/mol. The molecule has 0 radical (unpaired) electrons. The van der Waals surface area contributed by atoms with E-state index >= 15 is 0 Å². The van der Waals surface area contributed by atoms with Crippen LogP contribution in [0.5, 0.6) is 11.5 Å². The number of rotatable bonds is 7. The summed E-state index contributed by atoms with van der Waals surface area (Å²) >= 11 is 0. The van der Waals surface area contributed by atoms with Crippen LogP contribution in [-0.4, -0.2) is 30.7 Å². The fourth-order valence-electron chi connectivity index (χ4n) is 2.05. The number of methoxy groups -OCH3 is 1. The zero-order valence-electron chi connectivity index (χ0n) is 13.9. The van der Waals surface area contributed by atoms with Gasteiger partial charge in [-0.2, -0.15) is 5.26 Å². The molecule has 0 aromatic heterocycles. The lowest BCUT2D eigenvalue weighted by Crippen LogP contribution is -2.13. The molecular formula is C19H16N2O5. The second-order valence-electron chi connectivity index (χ2n) is 5.07. The lowest BCUT2D eigenvalue weighted by Gasteiger charge is -2.08. The van der Waals surface area contributed by atoms with Gasteiger partial charge in [0, 0.05) is 11.3 Å². The normalized spacial score (nSPS) is 10.5. The average Bonchev–Trinajstić information content (AvgIpc) is 2.65. The Hall–Kier alpha value is -3.79. The van der Waals surface area contributed by atoms with Gasteiger partial charge in [0.15, 0.2) is 6.61 Å². The number of nitrogens with zero attached hydrogens (tertiary/aromatic N) is 1. The maximum Gasteiger partial charge on any atom is 0.341 e. The van der Waals surface area contributed by atoms with Gasteiger partial charge in [-0.25, -0.2) is 4.79 Å². The summed E-state index contributed by atoms with van der Waals surface area (Å²) in [4.78, 5) is 23.0. The predicted octanol–water partition coefficient (Wildman–Crippen LogP) is 2.70. The molecule has 0 heterocycles.